The summed E-state index contributed by atoms with van der Waals surface area (Å²) in [6.45, 7) is 0. The average molecular weight is 348 g/mol. The first kappa shape index (κ1) is 17.3. The fourth-order valence-corrected chi connectivity index (χ4v) is 1.95. The smallest absolute Gasteiger partial charge is 0.329 e. The normalized spacial score (nSPS) is 10.4. The largest absolute Gasteiger partial charge is 0.508 e. The summed E-state index contributed by atoms with van der Waals surface area (Å²) >= 11 is 5.85. The number of phenols is 1. The monoisotopic (exact) mass is 347 g/mol. The number of ether oxygens (including phenoxy) is 1. The van der Waals surface area contributed by atoms with Gasteiger partial charge in [0.2, 0.25) is 0 Å². The van der Waals surface area contributed by atoms with E-state index >= 15 is 0 Å². The number of rotatable bonds is 4. The first-order valence-corrected chi connectivity index (χ1v) is 7.14. The molecule has 0 bridgehead atoms. The van der Waals surface area contributed by atoms with Gasteiger partial charge in [0.25, 0.3) is 0 Å². The topological polar surface area (TPSA) is 100 Å². The number of aromatic hydroxyl groups is 1. The molecule has 0 saturated carbocycles. The van der Waals surface area contributed by atoms with Crippen LogP contribution in [0.5, 0.6) is 11.5 Å². The average Bonchev–Trinajstić information content (AvgIpc) is 2.55. The van der Waals surface area contributed by atoms with Crippen LogP contribution in [0.4, 0.5) is 5.69 Å². The summed E-state index contributed by atoms with van der Waals surface area (Å²) in [4.78, 5) is 23.6. The van der Waals surface area contributed by atoms with E-state index in [1.165, 1.54) is 31.5 Å². The molecule has 2 rings (SSSR count). The second-order valence-electron chi connectivity index (χ2n) is 4.59. The lowest BCUT2D eigenvalue weighted by Gasteiger charge is -2.09. The lowest BCUT2D eigenvalue weighted by molar-refractivity contribution is -0.136. The van der Waals surface area contributed by atoms with Crippen LogP contribution >= 0.6 is 11.6 Å². The Labute approximate surface area is 142 Å². The number of carbonyl (C=O) groups excluding carboxylic acids is 2. The number of nitrogens with one attached hydrogen (secondary N) is 2. The van der Waals surface area contributed by atoms with Crippen LogP contribution in [0.1, 0.15) is 5.56 Å². The van der Waals surface area contributed by atoms with Crippen LogP contribution in [-0.4, -0.2) is 30.2 Å². The third-order valence-corrected chi connectivity index (χ3v) is 3.10. The predicted octanol–water partition coefficient (Wildman–Crippen LogP) is 2.14. The number of amides is 2. The fourth-order valence-electron chi connectivity index (χ4n) is 1.78. The van der Waals surface area contributed by atoms with E-state index in [9.17, 15) is 14.7 Å². The van der Waals surface area contributed by atoms with Crippen molar-refractivity contribution in [3.63, 3.8) is 0 Å². The summed E-state index contributed by atoms with van der Waals surface area (Å²) in [7, 11) is 1.43. The highest BCUT2D eigenvalue weighted by molar-refractivity contribution is 6.40. The number of methoxy groups -OCH3 is 1. The highest BCUT2D eigenvalue weighted by Crippen LogP contribution is 2.27. The maximum Gasteiger partial charge on any atom is 0.329 e. The molecule has 0 aliphatic carbocycles. The van der Waals surface area contributed by atoms with Gasteiger partial charge in [-0.1, -0.05) is 23.7 Å². The lowest BCUT2D eigenvalue weighted by Crippen LogP contribution is -2.32. The number of halogens is 1. The number of anilines is 1. The van der Waals surface area contributed by atoms with E-state index in [4.69, 9.17) is 16.3 Å². The number of phenolic OH excluding ortho intramolecular Hbond substituents is 1. The number of benzene rings is 2. The minimum Gasteiger partial charge on any atom is -0.508 e. The van der Waals surface area contributed by atoms with Gasteiger partial charge in [0.05, 0.1) is 19.0 Å². The van der Waals surface area contributed by atoms with Gasteiger partial charge in [-0.15, -0.1) is 0 Å². The molecular weight excluding hydrogens is 334 g/mol. The molecule has 24 heavy (non-hydrogen) atoms. The van der Waals surface area contributed by atoms with Gasteiger partial charge in [-0.3, -0.25) is 9.59 Å². The van der Waals surface area contributed by atoms with E-state index in [1.54, 1.807) is 24.3 Å². The highest BCUT2D eigenvalue weighted by Gasteiger charge is 2.15. The molecule has 0 fully saturated rings. The molecule has 2 aromatic rings. The van der Waals surface area contributed by atoms with Crippen molar-refractivity contribution in [1.82, 2.24) is 5.43 Å². The van der Waals surface area contributed by atoms with Crippen molar-refractivity contribution >= 4 is 35.3 Å². The van der Waals surface area contributed by atoms with E-state index in [0.29, 0.717) is 16.3 Å². The third kappa shape index (κ3) is 4.72. The van der Waals surface area contributed by atoms with Gasteiger partial charge in [0.15, 0.2) is 0 Å². The summed E-state index contributed by atoms with van der Waals surface area (Å²) in [6.07, 6.45) is 1.30. The molecule has 7 nitrogen and oxygen atoms in total. The van der Waals surface area contributed by atoms with Gasteiger partial charge in [-0.05, 0) is 35.9 Å². The van der Waals surface area contributed by atoms with Crippen LogP contribution < -0.4 is 15.5 Å². The van der Waals surface area contributed by atoms with Gasteiger partial charge in [0.1, 0.15) is 11.5 Å². The zero-order valence-corrected chi connectivity index (χ0v) is 13.4. The van der Waals surface area contributed by atoms with Gasteiger partial charge < -0.3 is 15.2 Å². The standard InChI is InChI=1S/C16H14ClN3O4/c1-24-14-6-5-11(17)8-13(14)19-15(22)16(23)20-18-9-10-3-2-4-12(21)7-10/h2-9,21H,1H3,(H,19,22)(H,20,23). The number of carbonyl (C=O) groups is 2. The van der Waals surface area contributed by atoms with Crippen molar-refractivity contribution in [2.45, 2.75) is 0 Å². The highest BCUT2D eigenvalue weighted by atomic mass is 35.5. The molecule has 2 aromatic carbocycles. The Morgan fingerprint density at radius 1 is 1.21 bits per heavy atom. The molecule has 0 unspecified atom stereocenters. The minimum absolute atomic E-state index is 0.0658. The molecule has 0 spiro atoms. The van der Waals surface area contributed by atoms with Crippen LogP contribution in [0.3, 0.4) is 0 Å². The summed E-state index contributed by atoms with van der Waals surface area (Å²) in [5.74, 6) is -1.46. The second-order valence-corrected chi connectivity index (χ2v) is 5.03. The molecular formula is C16H14ClN3O4. The second kappa shape index (κ2) is 7.98. The van der Waals surface area contributed by atoms with Crippen molar-refractivity contribution in [1.29, 1.82) is 0 Å². The molecule has 0 saturated heterocycles. The van der Waals surface area contributed by atoms with E-state index in [1.807, 2.05) is 0 Å². The molecule has 0 radical (unpaired) electrons. The van der Waals surface area contributed by atoms with Gasteiger partial charge in [-0.2, -0.15) is 5.10 Å². The summed E-state index contributed by atoms with van der Waals surface area (Å²) in [5, 5.41) is 15.7. The predicted molar refractivity (Wildman–Crippen MR) is 90.5 cm³/mol. The van der Waals surface area contributed by atoms with Gasteiger partial charge >= 0.3 is 11.8 Å². The first-order valence-electron chi connectivity index (χ1n) is 6.76. The number of hydrazone groups is 1. The van der Waals surface area contributed by atoms with Gasteiger partial charge in [-0.25, -0.2) is 5.43 Å². The molecule has 3 N–H and O–H groups in total. The number of hydrogen-bond acceptors (Lipinski definition) is 5. The Bertz CT molecular complexity index is 793. The van der Waals surface area contributed by atoms with E-state index in [-0.39, 0.29) is 11.4 Å². The third-order valence-electron chi connectivity index (χ3n) is 2.87. The van der Waals surface area contributed by atoms with Crippen molar-refractivity contribution in [2.24, 2.45) is 5.10 Å². The summed E-state index contributed by atoms with van der Waals surface area (Å²) in [5.41, 5.74) is 2.91. The quantitative estimate of drug-likeness (QED) is 0.448. The van der Waals surface area contributed by atoms with Crippen LogP contribution in [0.2, 0.25) is 5.02 Å². The number of nitrogens with zero attached hydrogens (tertiary/aromatic N) is 1. The Morgan fingerprint density at radius 3 is 2.71 bits per heavy atom. The Kier molecular flexibility index (Phi) is 5.75. The van der Waals surface area contributed by atoms with Crippen molar-refractivity contribution in [3.8, 4) is 11.5 Å². The molecule has 2 amide bonds. The Morgan fingerprint density at radius 2 is 2.00 bits per heavy atom. The maximum absolute atomic E-state index is 11.9. The van der Waals surface area contributed by atoms with E-state index in [2.05, 4.69) is 15.8 Å². The molecule has 124 valence electrons. The van der Waals surface area contributed by atoms with E-state index < -0.39 is 11.8 Å². The first-order chi connectivity index (χ1) is 11.5. The lowest BCUT2D eigenvalue weighted by atomic mass is 10.2. The zero-order chi connectivity index (χ0) is 17.5. The Balaban J connectivity index is 1.98. The van der Waals surface area contributed by atoms with Crippen molar-refractivity contribution in [3.05, 3.63) is 53.1 Å². The zero-order valence-electron chi connectivity index (χ0n) is 12.6. The van der Waals surface area contributed by atoms with Crippen molar-refractivity contribution < 1.29 is 19.4 Å². The SMILES string of the molecule is COc1ccc(Cl)cc1NC(=O)C(=O)NN=Cc1cccc(O)c1. The van der Waals surface area contributed by atoms with Crippen LogP contribution in [0, 0.1) is 0 Å². The van der Waals surface area contributed by atoms with E-state index in [0.717, 1.165) is 0 Å². The van der Waals surface area contributed by atoms with Crippen LogP contribution in [0.15, 0.2) is 47.6 Å². The molecule has 0 aromatic heterocycles. The molecule has 0 aliphatic rings. The minimum atomic E-state index is -0.964. The maximum atomic E-state index is 11.9. The van der Waals surface area contributed by atoms with Crippen molar-refractivity contribution in [2.75, 3.05) is 12.4 Å². The molecule has 0 atom stereocenters. The summed E-state index contributed by atoms with van der Waals surface area (Å²) in [6, 6.07) is 10.9. The Hall–Kier alpha value is -3.06. The van der Waals surface area contributed by atoms with Gasteiger partial charge in [0, 0.05) is 5.02 Å². The molecule has 0 heterocycles. The fraction of sp³-hybridized carbons (Fsp3) is 0.0625. The molecule has 8 heteroatoms. The number of hydrogen-bond donors (Lipinski definition) is 3. The van der Waals surface area contributed by atoms with Crippen LogP contribution in [0.25, 0.3) is 0 Å². The summed E-state index contributed by atoms with van der Waals surface area (Å²) < 4.78 is 5.07. The molecule has 0 aliphatic heterocycles. The van der Waals surface area contributed by atoms with Crippen LogP contribution in [-0.2, 0) is 9.59 Å².